The lowest BCUT2D eigenvalue weighted by atomic mass is 10.2. The molecule has 0 radical (unpaired) electrons. The number of hydrogen-bond acceptors (Lipinski definition) is 3. The second kappa shape index (κ2) is 5.09. The zero-order chi connectivity index (χ0) is 13.2. The molecule has 1 aromatic heterocycles. The van der Waals surface area contributed by atoms with Crippen molar-refractivity contribution in [2.45, 2.75) is 26.3 Å². The fourth-order valence-corrected chi connectivity index (χ4v) is 2.08. The van der Waals surface area contributed by atoms with Crippen molar-refractivity contribution in [2.75, 3.05) is 6.54 Å². The molecule has 0 amide bonds. The van der Waals surface area contributed by atoms with Crippen LogP contribution in [0.4, 0.5) is 4.39 Å². The molecule has 1 N–H and O–H groups in total. The van der Waals surface area contributed by atoms with Gasteiger partial charge in [-0.1, -0.05) is 5.21 Å². The SMILES string of the molecule is Cc1cc(F)cc(-n2cc(CNCC3CC3)nn2)c1. The van der Waals surface area contributed by atoms with Crippen molar-refractivity contribution in [1.82, 2.24) is 20.3 Å². The maximum absolute atomic E-state index is 13.3. The van der Waals surface area contributed by atoms with Crippen molar-refractivity contribution in [3.8, 4) is 5.69 Å². The standard InChI is InChI=1S/C14H17FN4/c1-10-4-12(15)6-14(5-10)19-9-13(17-18-19)8-16-7-11-2-3-11/h4-6,9,11,16H,2-3,7-8H2,1H3. The lowest BCUT2D eigenvalue weighted by Gasteiger charge is -2.02. The molecule has 100 valence electrons. The Hall–Kier alpha value is -1.75. The van der Waals surface area contributed by atoms with E-state index in [2.05, 4.69) is 15.6 Å². The second-order valence-electron chi connectivity index (χ2n) is 5.22. The molecular weight excluding hydrogens is 243 g/mol. The fraction of sp³-hybridized carbons (Fsp3) is 0.429. The molecule has 1 aromatic carbocycles. The Kier molecular flexibility index (Phi) is 3.29. The molecule has 2 aromatic rings. The summed E-state index contributed by atoms with van der Waals surface area (Å²) in [6.45, 7) is 3.62. The Morgan fingerprint density at radius 2 is 2.21 bits per heavy atom. The van der Waals surface area contributed by atoms with Crippen molar-refractivity contribution in [3.05, 3.63) is 41.5 Å². The van der Waals surface area contributed by atoms with E-state index in [1.165, 1.54) is 25.0 Å². The molecule has 0 bridgehead atoms. The molecule has 1 fully saturated rings. The van der Waals surface area contributed by atoms with Crippen molar-refractivity contribution in [1.29, 1.82) is 0 Å². The van der Waals surface area contributed by atoms with E-state index in [0.29, 0.717) is 12.2 Å². The third-order valence-corrected chi connectivity index (χ3v) is 3.27. The summed E-state index contributed by atoms with van der Waals surface area (Å²) >= 11 is 0. The average Bonchev–Trinajstić information content (AvgIpc) is 3.04. The number of aryl methyl sites for hydroxylation is 1. The first-order chi connectivity index (χ1) is 9.20. The van der Waals surface area contributed by atoms with E-state index in [1.807, 2.05) is 19.2 Å². The molecular formula is C14H17FN4. The minimum absolute atomic E-state index is 0.251. The topological polar surface area (TPSA) is 42.7 Å². The van der Waals surface area contributed by atoms with E-state index in [1.54, 1.807) is 4.68 Å². The molecule has 4 nitrogen and oxygen atoms in total. The molecule has 0 unspecified atom stereocenters. The highest BCUT2D eigenvalue weighted by Gasteiger charge is 2.20. The number of nitrogens with zero attached hydrogens (tertiary/aromatic N) is 3. The van der Waals surface area contributed by atoms with Gasteiger partial charge in [-0.05, 0) is 56.0 Å². The lowest BCUT2D eigenvalue weighted by molar-refractivity contribution is 0.623. The van der Waals surface area contributed by atoms with Crippen LogP contribution in [0.1, 0.15) is 24.1 Å². The highest BCUT2D eigenvalue weighted by Crippen LogP contribution is 2.27. The van der Waals surface area contributed by atoms with Gasteiger partial charge in [0.05, 0.1) is 17.6 Å². The van der Waals surface area contributed by atoms with Gasteiger partial charge in [-0.25, -0.2) is 9.07 Å². The molecule has 1 aliphatic rings. The first-order valence-electron chi connectivity index (χ1n) is 6.60. The first-order valence-corrected chi connectivity index (χ1v) is 6.60. The molecule has 1 heterocycles. The zero-order valence-corrected chi connectivity index (χ0v) is 10.9. The summed E-state index contributed by atoms with van der Waals surface area (Å²) < 4.78 is 15.0. The van der Waals surface area contributed by atoms with Crippen LogP contribution in [-0.2, 0) is 6.54 Å². The van der Waals surface area contributed by atoms with E-state index >= 15 is 0 Å². The van der Waals surface area contributed by atoms with Crippen LogP contribution in [0.25, 0.3) is 5.69 Å². The normalized spacial score (nSPS) is 14.8. The summed E-state index contributed by atoms with van der Waals surface area (Å²) in [6.07, 6.45) is 4.51. The van der Waals surface area contributed by atoms with E-state index in [-0.39, 0.29) is 5.82 Å². The minimum Gasteiger partial charge on any atom is -0.311 e. The average molecular weight is 260 g/mol. The van der Waals surface area contributed by atoms with Gasteiger partial charge in [0.25, 0.3) is 0 Å². The maximum Gasteiger partial charge on any atom is 0.125 e. The van der Waals surface area contributed by atoms with Crippen LogP contribution in [-0.4, -0.2) is 21.5 Å². The van der Waals surface area contributed by atoms with Crippen LogP contribution in [0.5, 0.6) is 0 Å². The molecule has 0 aliphatic heterocycles. The molecule has 0 saturated heterocycles. The van der Waals surface area contributed by atoms with Gasteiger partial charge in [0, 0.05) is 6.54 Å². The molecule has 1 aliphatic carbocycles. The summed E-state index contributed by atoms with van der Waals surface area (Å²) in [4.78, 5) is 0. The molecule has 1 saturated carbocycles. The molecule has 3 rings (SSSR count). The van der Waals surface area contributed by atoms with Gasteiger partial charge in [-0.15, -0.1) is 5.10 Å². The smallest absolute Gasteiger partial charge is 0.125 e. The Bertz CT molecular complexity index is 554. The van der Waals surface area contributed by atoms with Crippen molar-refractivity contribution in [3.63, 3.8) is 0 Å². The van der Waals surface area contributed by atoms with Crippen molar-refractivity contribution >= 4 is 0 Å². The van der Waals surface area contributed by atoms with E-state index in [9.17, 15) is 4.39 Å². The summed E-state index contributed by atoms with van der Waals surface area (Å²) in [6, 6.07) is 4.85. The van der Waals surface area contributed by atoms with Crippen LogP contribution in [0.2, 0.25) is 0 Å². The predicted molar refractivity (Wildman–Crippen MR) is 70.5 cm³/mol. The molecule has 0 spiro atoms. The van der Waals surface area contributed by atoms with Gasteiger partial charge < -0.3 is 5.32 Å². The minimum atomic E-state index is -0.251. The van der Waals surface area contributed by atoms with Crippen LogP contribution >= 0.6 is 0 Å². The molecule has 5 heteroatoms. The predicted octanol–water partition coefficient (Wildman–Crippen LogP) is 2.21. The Morgan fingerprint density at radius 3 is 2.95 bits per heavy atom. The van der Waals surface area contributed by atoms with Gasteiger partial charge in [0.1, 0.15) is 5.82 Å². The van der Waals surface area contributed by atoms with Gasteiger partial charge >= 0.3 is 0 Å². The zero-order valence-electron chi connectivity index (χ0n) is 10.9. The molecule has 19 heavy (non-hydrogen) atoms. The van der Waals surface area contributed by atoms with Crippen molar-refractivity contribution < 1.29 is 4.39 Å². The van der Waals surface area contributed by atoms with Gasteiger partial charge in [-0.2, -0.15) is 0 Å². The fourth-order valence-electron chi connectivity index (χ4n) is 2.08. The maximum atomic E-state index is 13.3. The summed E-state index contributed by atoms with van der Waals surface area (Å²) in [5.41, 5.74) is 2.46. The van der Waals surface area contributed by atoms with Crippen LogP contribution in [0.3, 0.4) is 0 Å². The summed E-state index contributed by atoms with van der Waals surface area (Å²) in [5, 5.41) is 11.5. The second-order valence-corrected chi connectivity index (χ2v) is 5.22. The highest BCUT2D eigenvalue weighted by atomic mass is 19.1. The number of benzene rings is 1. The van der Waals surface area contributed by atoms with Crippen molar-refractivity contribution in [2.24, 2.45) is 5.92 Å². The highest BCUT2D eigenvalue weighted by molar-refractivity contribution is 5.35. The van der Waals surface area contributed by atoms with E-state index in [4.69, 9.17) is 0 Å². The first kappa shape index (κ1) is 12.3. The van der Waals surface area contributed by atoms with E-state index < -0.39 is 0 Å². The lowest BCUT2D eigenvalue weighted by Crippen LogP contribution is -2.16. The van der Waals surface area contributed by atoms with E-state index in [0.717, 1.165) is 23.7 Å². The number of hydrogen-bond donors (Lipinski definition) is 1. The number of rotatable bonds is 5. The Balaban J connectivity index is 1.68. The number of aromatic nitrogens is 3. The summed E-state index contributed by atoms with van der Waals surface area (Å²) in [5.74, 6) is 0.597. The molecule has 0 atom stereocenters. The third kappa shape index (κ3) is 3.17. The van der Waals surface area contributed by atoms with Gasteiger partial charge in [0.2, 0.25) is 0 Å². The quantitative estimate of drug-likeness (QED) is 0.896. The third-order valence-electron chi connectivity index (χ3n) is 3.27. The Morgan fingerprint density at radius 1 is 1.37 bits per heavy atom. The largest absolute Gasteiger partial charge is 0.311 e. The number of halogens is 1. The van der Waals surface area contributed by atoms with Crippen LogP contribution in [0.15, 0.2) is 24.4 Å². The van der Waals surface area contributed by atoms with Gasteiger partial charge in [0.15, 0.2) is 0 Å². The Labute approximate surface area is 111 Å². The monoisotopic (exact) mass is 260 g/mol. The van der Waals surface area contributed by atoms with Gasteiger partial charge in [-0.3, -0.25) is 0 Å². The summed E-state index contributed by atoms with van der Waals surface area (Å²) in [7, 11) is 0. The van der Waals surface area contributed by atoms with Crippen LogP contribution < -0.4 is 5.32 Å². The van der Waals surface area contributed by atoms with Crippen LogP contribution in [0, 0.1) is 18.7 Å². The number of nitrogens with one attached hydrogen (secondary N) is 1.